The summed E-state index contributed by atoms with van der Waals surface area (Å²) in [7, 11) is 0. The van der Waals surface area contributed by atoms with E-state index in [1.54, 1.807) is 0 Å². The third kappa shape index (κ3) is 4.01. The molecule has 3 nitrogen and oxygen atoms in total. The first-order valence-corrected chi connectivity index (χ1v) is 5.70. The van der Waals surface area contributed by atoms with Crippen LogP contribution in [0.25, 0.3) is 0 Å². The number of nitrogens with one attached hydrogen (secondary N) is 1. The smallest absolute Gasteiger partial charge is 0.234 e. The highest BCUT2D eigenvalue weighted by molar-refractivity contribution is 9.10. The van der Waals surface area contributed by atoms with Crippen molar-refractivity contribution in [2.24, 2.45) is 5.73 Å². The minimum absolute atomic E-state index is 0.246. The van der Waals surface area contributed by atoms with Crippen LogP contribution in [0.1, 0.15) is 18.9 Å². The molecule has 0 heterocycles. The van der Waals surface area contributed by atoms with Crippen LogP contribution in [0.4, 0.5) is 0 Å². The fourth-order valence-electron chi connectivity index (χ4n) is 1.33. The molecule has 1 amide bonds. The summed E-state index contributed by atoms with van der Waals surface area (Å²) in [6.45, 7) is 2.59. The molecule has 0 aliphatic heterocycles. The number of nitrogens with two attached hydrogens (primary N) is 1. The average Bonchev–Trinajstić information content (AvgIpc) is 2.18. The first kappa shape index (κ1) is 12.2. The lowest BCUT2D eigenvalue weighted by molar-refractivity contribution is -0.120. The van der Waals surface area contributed by atoms with Gasteiger partial charge in [-0.15, -0.1) is 0 Å². The molecule has 15 heavy (non-hydrogen) atoms. The van der Waals surface area contributed by atoms with E-state index in [2.05, 4.69) is 21.2 Å². The van der Waals surface area contributed by atoms with E-state index in [1.165, 1.54) is 0 Å². The molecule has 0 saturated heterocycles. The van der Waals surface area contributed by atoms with Crippen molar-refractivity contribution in [2.45, 2.75) is 25.9 Å². The largest absolute Gasteiger partial charge is 0.368 e. The lowest BCUT2D eigenvalue weighted by atomic mass is 10.2. The van der Waals surface area contributed by atoms with E-state index in [4.69, 9.17) is 5.73 Å². The van der Waals surface area contributed by atoms with Gasteiger partial charge in [0, 0.05) is 11.0 Å². The van der Waals surface area contributed by atoms with E-state index in [1.807, 2.05) is 31.2 Å². The molecule has 0 aliphatic rings. The molecule has 0 bridgehead atoms. The van der Waals surface area contributed by atoms with E-state index in [0.29, 0.717) is 13.0 Å². The topological polar surface area (TPSA) is 55.1 Å². The summed E-state index contributed by atoms with van der Waals surface area (Å²) >= 11 is 3.40. The zero-order valence-electron chi connectivity index (χ0n) is 8.66. The summed E-state index contributed by atoms with van der Waals surface area (Å²) in [5, 5.41) is 3.12. The Hall–Kier alpha value is -0.870. The quantitative estimate of drug-likeness (QED) is 0.858. The monoisotopic (exact) mass is 270 g/mol. The molecule has 1 aromatic rings. The van der Waals surface area contributed by atoms with E-state index in [9.17, 15) is 4.79 Å². The van der Waals surface area contributed by atoms with Gasteiger partial charge >= 0.3 is 0 Å². The first-order chi connectivity index (χ1) is 7.13. The number of rotatable bonds is 5. The summed E-state index contributed by atoms with van der Waals surface area (Å²) in [5.41, 5.74) is 6.36. The Morgan fingerprint density at radius 1 is 1.60 bits per heavy atom. The normalized spacial score (nSPS) is 12.4. The summed E-state index contributed by atoms with van der Waals surface area (Å²) < 4.78 is 1.04. The number of amides is 1. The number of hydrogen-bond donors (Lipinski definition) is 2. The van der Waals surface area contributed by atoms with E-state index in [0.717, 1.165) is 10.0 Å². The van der Waals surface area contributed by atoms with Crippen LogP contribution < -0.4 is 11.1 Å². The van der Waals surface area contributed by atoms with Crippen molar-refractivity contribution in [1.29, 1.82) is 0 Å². The van der Waals surface area contributed by atoms with Gasteiger partial charge in [0.1, 0.15) is 0 Å². The van der Waals surface area contributed by atoms with Crippen LogP contribution >= 0.6 is 15.9 Å². The molecule has 0 aromatic heterocycles. The van der Waals surface area contributed by atoms with Crippen LogP contribution in [0.15, 0.2) is 28.7 Å². The predicted molar refractivity (Wildman–Crippen MR) is 64.3 cm³/mol. The highest BCUT2D eigenvalue weighted by Gasteiger charge is 2.11. The van der Waals surface area contributed by atoms with Crippen LogP contribution in [-0.2, 0) is 11.3 Å². The number of carbonyl (C=O) groups excluding carboxylic acids is 1. The maximum absolute atomic E-state index is 11.0. The summed E-state index contributed by atoms with van der Waals surface area (Å²) in [6.07, 6.45) is 0.712. The summed E-state index contributed by atoms with van der Waals surface area (Å²) in [4.78, 5) is 11.0. The average molecular weight is 271 g/mol. The van der Waals surface area contributed by atoms with Crippen molar-refractivity contribution < 1.29 is 4.79 Å². The fraction of sp³-hybridized carbons (Fsp3) is 0.364. The summed E-state index contributed by atoms with van der Waals surface area (Å²) in [6, 6.07) is 7.71. The molecule has 82 valence electrons. The second kappa shape index (κ2) is 5.88. The summed E-state index contributed by atoms with van der Waals surface area (Å²) in [5.74, 6) is -0.299. The van der Waals surface area contributed by atoms with Crippen LogP contribution in [-0.4, -0.2) is 11.9 Å². The van der Waals surface area contributed by atoms with Gasteiger partial charge in [-0.05, 0) is 24.1 Å². The molecular weight excluding hydrogens is 256 g/mol. The molecule has 3 N–H and O–H groups in total. The molecule has 1 unspecified atom stereocenters. The lowest BCUT2D eigenvalue weighted by Gasteiger charge is -2.13. The number of halogens is 1. The standard InChI is InChI=1S/C11H15BrN2O/c1-2-10(11(13)15)14-7-8-4-3-5-9(12)6-8/h3-6,10,14H,2,7H2,1H3,(H2,13,15). The maximum Gasteiger partial charge on any atom is 0.234 e. The molecule has 0 fully saturated rings. The highest BCUT2D eigenvalue weighted by atomic mass is 79.9. The minimum Gasteiger partial charge on any atom is -0.368 e. The van der Waals surface area contributed by atoms with Crippen LogP contribution in [0, 0.1) is 0 Å². The van der Waals surface area contributed by atoms with Gasteiger partial charge in [-0.3, -0.25) is 4.79 Å². The van der Waals surface area contributed by atoms with Crippen molar-refractivity contribution in [3.8, 4) is 0 Å². The van der Waals surface area contributed by atoms with Gasteiger partial charge in [0.15, 0.2) is 0 Å². The number of carbonyl (C=O) groups is 1. The zero-order valence-corrected chi connectivity index (χ0v) is 10.3. The van der Waals surface area contributed by atoms with Gasteiger partial charge < -0.3 is 11.1 Å². The molecule has 4 heteroatoms. The number of benzene rings is 1. The predicted octanol–water partition coefficient (Wildman–Crippen LogP) is 1.80. The van der Waals surface area contributed by atoms with Crippen LogP contribution in [0.2, 0.25) is 0 Å². The van der Waals surface area contributed by atoms with Crippen molar-refractivity contribution in [3.63, 3.8) is 0 Å². The SMILES string of the molecule is CCC(NCc1cccc(Br)c1)C(N)=O. The van der Waals surface area contributed by atoms with Gasteiger partial charge in [0.25, 0.3) is 0 Å². The van der Waals surface area contributed by atoms with Crippen molar-refractivity contribution in [2.75, 3.05) is 0 Å². The molecular formula is C11H15BrN2O. The Morgan fingerprint density at radius 3 is 2.87 bits per heavy atom. The number of primary amides is 1. The molecule has 1 aromatic carbocycles. The highest BCUT2D eigenvalue weighted by Crippen LogP contribution is 2.11. The number of hydrogen-bond acceptors (Lipinski definition) is 2. The van der Waals surface area contributed by atoms with Crippen molar-refractivity contribution >= 4 is 21.8 Å². The zero-order chi connectivity index (χ0) is 11.3. The Kier molecular flexibility index (Phi) is 4.78. The second-order valence-electron chi connectivity index (χ2n) is 3.37. The molecule has 0 saturated carbocycles. The molecule has 1 rings (SSSR count). The second-order valence-corrected chi connectivity index (χ2v) is 4.29. The molecule has 0 aliphatic carbocycles. The van der Waals surface area contributed by atoms with Gasteiger partial charge in [0.05, 0.1) is 6.04 Å². The van der Waals surface area contributed by atoms with Gasteiger partial charge in [-0.1, -0.05) is 35.0 Å². The van der Waals surface area contributed by atoms with E-state index < -0.39 is 0 Å². The molecule has 0 spiro atoms. The lowest BCUT2D eigenvalue weighted by Crippen LogP contribution is -2.40. The minimum atomic E-state index is -0.299. The fourth-order valence-corrected chi connectivity index (χ4v) is 1.78. The Balaban J connectivity index is 2.52. The van der Waals surface area contributed by atoms with Crippen molar-refractivity contribution in [3.05, 3.63) is 34.3 Å². The Labute approximate surface area is 98.2 Å². The first-order valence-electron chi connectivity index (χ1n) is 4.90. The van der Waals surface area contributed by atoms with Gasteiger partial charge in [-0.2, -0.15) is 0 Å². The molecule has 1 atom stereocenters. The van der Waals surface area contributed by atoms with Gasteiger partial charge in [-0.25, -0.2) is 0 Å². The molecule has 0 radical (unpaired) electrons. The van der Waals surface area contributed by atoms with Crippen molar-refractivity contribution in [1.82, 2.24) is 5.32 Å². The Morgan fingerprint density at radius 2 is 2.33 bits per heavy atom. The van der Waals surface area contributed by atoms with Crippen LogP contribution in [0.3, 0.4) is 0 Å². The Bertz CT molecular complexity index is 341. The third-order valence-electron chi connectivity index (χ3n) is 2.19. The third-order valence-corrected chi connectivity index (χ3v) is 2.69. The van der Waals surface area contributed by atoms with E-state index in [-0.39, 0.29) is 11.9 Å². The van der Waals surface area contributed by atoms with E-state index >= 15 is 0 Å². The maximum atomic E-state index is 11.0. The van der Waals surface area contributed by atoms with Gasteiger partial charge in [0.2, 0.25) is 5.91 Å². The van der Waals surface area contributed by atoms with Crippen LogP contribution in [0.5, 0.6) is 0 Å².